The SMILES string of the molecule is O=C(OCc1ccccc1)C1NC(=O)[C@@H]1C[C@H]1CCCNC1. The highest BCUT2D eigenvalue weighted by Gasteiger charge is 2.45. The third-order valence-corrected chi connectivity index (χ3v) is 4.50. The molecule has 0 aromatic heterocycles. The van der Waals surface area contributed by atoms with Gasteiger partial charge in [-0.25, -0.2) is 4.79 Å². The fourth-order valence-electron chi connectivity index (χ4n) is 3.19. The fourth-order valence-corrected chi connectivity index (χ4v) is 3.19. The summed E-state index contributed by atoms with van der Waals surface area (Å²) in [5.74, 6) is -0.0909. The average molecular weight is 302 g/mol. The summed E-state index contributed by atoms with van der Waals surface area (Å²) in [5, 5.41) is 6.03. The van der Waals surface area contributed by atoms with Gasteiger partial charge in [-0.05, 0) is 43.8 Å². The second-order valence-corrected chi connectivity index (χ2v) is 6.13. The minimum atomic E-state index is -0.474. The number of hydrogen-bond donors (Lipinski definition) is 2. The van der Waals surface area contributed by atoms with E-state index in [9.17, 15) is 9.59 Å². The maximum absolute atomic E-state index is 12.1. The smallest absolute Gasteiger partial charge is 0.329 e. The Morgan fingerprint density at radius 3 is 2.77 bits per heavy atom. The molecule has 118 valence electrons. The van der Waals surface area contributed by atoms with Gasteiger partial charge in [0, 0.05) is 0 Å². The second-order valence-electron chi connectivity index (χ2n) is 6.13. The first-order valence-corrected chi connectivity index (χ1v) is 7.95. The Morgan fingerprint density at radius 2 is 2.09 bits per heavy atom. The highest BCUT2D eigenvalue weighted by molar-refractivity contribution is 5.97. The molecule has 0 bridgehead atoms. The number of benzene rings is 1. The van der Waals surface area contributed by atoms with Crippen LogP contribution in [0.2, 0.25) is 0 Å². The lowest BCUT2D eigenvalue weighted by molar-refractivity contribution is -0.159. The first-order chi connectivity index (χ1) is 10.7. The Kier molecular flexibility index (Phi) is 4.73. The van der Waals surface area contributed by atoms with E-state index in [1.165, 1.54) is 0 Å². The first-order valence-electron chi connectivity index (χ1n) is 7.95. The van der Waals surface area contributed by atoms with Crippen LogP contribution in [-0.4, -0.2) is 31.0 Å². The van der Waals surface area contributed by atoms with Gasteiger partial charge in [-0.3, -0.25) is 4.79 Å². The van der Waals surface area contributed by atoms with E-state index >= 15 is 0 Å². The van der Waals surface area contributed by atoms with Crippen LogP contribution in [0.1, 0.15) is 24.8 Å². The van der Waals surface area contributed by atoms with Gasteiger partial charge < -0.3 is 15.4 Å². The zero-order valence-electron chi connectivity index (χ0n) is 12.6. The van der Waals surface area contributed by atoms with E-state index in [2.05, 4.69) is 10.6 Å². The van der Waals surface area contributed by atoms with Crippen molar-refractivity contribution in [1.82, 2.24) is 10.6 Å². The predicted molar refractivity (Wildman–Crippen MR) is 81.9 cm³/mol. The Bertz CT molecular complexity index is 526. The van der Waals surface area contributed by atoms with Crippen LogP contribution < -0.4 is 10.6 Å². The second kappa shape index (κ2) is 6.92. The van der Waals surface area contributed by atoms with Gasteiger partial charge in [0.05, 0.1) is 5.92 Å². The molecule has 0 saturated carbocycles. The summed E-state index contributed by atoms with van der Waals surface area (Å²) in [4.78, 5) is 23.9. The van der Waals surface area contributed by atoms with Crippen LogP contribution in [0, 0.1) is 11.8 Å². The third-order valence-electron chi connectivity index (χ3n) is 4.50. The van der Waals surface area contributed by atoms with Gasteiger partial charge in [-0.2, -0.15) is 0 Å². The van der Waals surface area contributed by atoms with Crippen molar-refractivity contribution in [2.24, 2.45) is 11.8 Å². The molecular formula is C17H22N2O3. The lowest BCUT2D eigenvalue weighted by Crippen LogP contribution is -2.63. The first kappa shape index (κ1) is 15.0. The van der Waals surface area contributed by atoms with Crippen molar-refractivity contribution in [2.45, 2.75) is 31.9 Å². The lowest BCUT2D eigenvalue weighted by atomic mass is 9.80. The van der Waals surface area contributed by atoms with E-state index in [0.717, 1.165) is 37.9 Å². The molecule has 0 spiro atoms. The van der Waals surface area contributed by atoms with Crippen LogP contribution in [-0.2, 0) is 20.9 Å². The molecule has 22 heavy (non-hydrogen) atoms. The number of hydrogen-bond acceptors (Lipinski definition) is 4. The lowest BCUT2D eigenvalue weighted by Gasteiger charge is -2.37. The number of nitrogens with one attached hydrogen (secondary N) is 2. The molecule has 5 nitrogen and oxygen atoms in total. The van der Waals surface area contributed by atoms with Crippen LogP contribution in [0.3, 0.4) is 0 Å². The van der Waals surface area contributed by atoms with E-state index in [0.29, 0.717) is 5.92 Å². The van der Waals surface area contributed by atoms with Gasteiger partial charge in [0.25, 0.3) is 0 Å². The molecule has 1 unspecified atom stereocenters. The topological polar surface area (TPSA) is 67.4 Å². The number of rotatable bonds is 5. The quantitative estimate of drug-likeness (QED) is 0.634. The summed E-state index contributed by atoms with van der Waals surface area (Å²) < 4.78 is 5.33. The highest BCUT2D eigenvalue weighted by Crippen LogP contribution is 2.27. The molecule has 2 aliphatic rings. The van der Waals surface area contributed by atoms with Gasteiger partial charge in [0.2, 0.25) is 5.91 Å². The van der Waals surface area contributed by atoms with Gasteiger partial charge in [0.1, 0.15) is 12.6 Å². The number of β-lactam (4-membered cyclic amide) rings is 1. The number of amides is 1. The maximum Gasteiger partial charge on any atom is 0.329 e. The monoisotopic (exact) mass is 302 g/mol. The predicted octanol–water partition coefficient (Wildman–Crippen LogP) is 1.23. The van der Waals surface area contributed by atoms with Crippen LogP contribution in [0.15, 0.2) is 30.3 Å². The molecular weight excluding hydrogens is 280 g/mol. The Balaban J connectivity index is 1.50. The van der Waals surface area contributed by atoms with E-state index in [1.54, 1.807) is 0 Å². The van der Waals surface area contributed by atoms with Crippen molar-refractivity contribution < 1.29 is 14.3 Å². The molecule has 5 heteroatoms. The zero-order chi connectivity index (χ0) is 15.4. The fraction of sp³-hybridized carbons (Fsp3) is 0.529. The molecule has 1 aromatic rings. The maximum atomic E-state index is 12.1. The van der Waals surface area contributed by atoms with E-state index in [1.807, 2.05) is 30.3 Å². The van der Waals surface area contributed by atoms with Crippen molar-refractivity contribution in [3.05, 3.63) is 35.9 Å². The normalized spacial score (nSPS) is 27.6. The van der Waals surface area contributed by atoms with Crippen LogP contribution >= 0.6 is 0 Å². The minimum absolute atomic E-state index is 0.0211. The van der Waals surface area contributed by atoms with Crippen LogP contribution in [0.25, 0.3) is 0 Å². The summed E-state index contributed by atoms with van der Waals surface area (Å²) in [6.07, 6.45) is 3.04. The zero-order valence-corrected chi connectivity index (χ0v) is 12.6. The van der Waals surface area contributed by atoms with Crippen LogP contribution in [0.5, 0.6) is 0 Å². The molecule has 2 heterocycles. The average Bonchev–Trinajstić information content (AvgIpc) is 2.57. The van der Waals surface area contributed by atoms with Crippen molar-refractivity contribution in [3.63, 3.8) is 0 Å². The summed E-state index contributed by atoms with van der Waals surface area (Å²) in [7, 11) is 0. The van der Waals surface area contributed by atoms with Gasteiger partial charge in [-0.15, -0.1) is 0 Å². The van der Waals surface area contributed by atoms with Crippen molar-refractivity contribution in [2.75, 3.05) is 13.1 Å². The molecule has 1 amide bonds. The van der Waals surface area contributed by atoms with Gasteiger partial charge >= 0.3 is 5.97 Å². The largest absolute Gasteiger partial charge is 0.459 e. The van der Waals surface area contributed by atoms with Crippen molar-refractivity contribution in [1.29, 1.82) is 0 Å². The summed E-state index contributed by atoms with van der Waals surface area (Å²) in [5.41, 5.74) is 0.953. The molecule has 2 N–H and O–H groups in total. The van der Waals surface area contributed by atoms with Crippen molar-refractivity contribution >= 4 is 11.9 Å². The van der Waals surface area contributed by atoms with E-state index in [-0.39, 0.29) is 24.4 Å². The molecule has 3 rings (SSSR count). The number of piperidine rings is 1. The standard InChI is InChI=1S/C17H22N2O3/c20-16-14(9-13-7-4-8-18-10-13)15(19-16)17(21)22-11-12-5-2-1-3-6-12/h1-3,5-6,13-15,18H,4,7-11H2,(H,19,20)/t13-,14-,15?/m1/s1. The molecule has 1 aromatic carbocycles. The molecule has 0 radical (unpaired) electrons. The number of ether oxygens (including phenoxy) is 1. The Hall–Kier alpha value is -1.88. The summed E-state index contributed by atoms with van der Waals surface area (Å²) >= 11 is 0. The number of carbonyl (C=O) groups is 2. The van der Waals surface area contributed by atoms with Gasteiger partial charge in [-0.1, -0.05) is 30.3 Å². The molecule has 2 fully saturated rings. The number of carbonyl (C=O) groups excluding carboxylic acids is 2. The highest BCUT2D eigenvalue weighted by atomic mass is 16.5. The summed E-state index contributed by atoms with van der Waals surface area (Å²) in [6, 6.07) is 9.10. The van der Waals surface area contributed by atoms with Gasteiger partial charge in [0.15, 0.2) is 0 Å². The molecule has 0 aliphatic carbocycles. The van der Waals surface area contributed by atoms with Crippen LogP contribution in [0.4, 0.5) is 0 Å². The Morgan fingerprint density at radius 1 is 1.27 bits per heavy atom. The Labute approximate surface area is 130 Å². The van der Waals surface area contributed by atoms with E-state index < -0.39 is 6.04 Å². The summed E-state index contributed by atoms with van der Waals surface area (Å²) in [6.45, 7) is 2.25. The molecule has 3 atom stereocenters. The third kappa shape index (κ3) is 3.47. The molecule has 2 aliphatic heterocycles. The van der Waals surface area contributed by atoms with E-state index in [4.69, 9.17) is 4.74 Å². The minimum Gasteiger partial charge on any atom is -0.459 e. The number of esters is 1. The molecule has 2 saturated heterocycles. The van der Waals surface area contributed by atoms with Crippen molar-refractivity contribution in [3.8, 4) is 0 Å².